The average molecular weight is 563 g/mol. The number of nitrogens with one attached hydrogen (secondary N) is 1. The number of hydrogen-bond acceptors (Lipinski definition) is 6. The van der Waals surface area contributed by atoms with Gasteiger partial charge >= 0.3 is 0 Å². The lowest BCUT2D eigenvalue weighted by molar-refractivity contribution is -0.120. The molecule has 2 aromatic rings. The topological polar surface area (TPSA) is 85.6 Å². The Balaban J connectivity index is 0.000000231. The lowest BCUT2D eigenvalue weighted by Gasteiger charge is -2.27. The summed E-state index contributed by atoms with van der Waals surface area (Å²) in [5, 5.41) is 7.73. The molecule has 41 heavy (non-hydrogen) atoms. The Kier molecular flexibility index (Phi) is 14.4. The molecule has 7 heteroatoms. The van der Waals surface area contributed by atoms with Crippen molar-refractivity contribution >= 4 is 17.3 Å². The van der Waals surface area contributed by atoms with Crippen molar-refractivity contribution in [1.82, 2.24) is 15.1 Å². The van der Waals surface area contributed by atoms with E-state index in [1.54, 1.807) is 7.11 Å². The molecule has 0 amide bonds. The number of benzene rings is 1. The van der Waals surface area contributed by atoms with Gasteiger partial charge in [0.25, 0.3) is 0 Å². The van der Waals surface area contributed by atoms with Gasteiger partial charge in [-0.3, -0.25) is 19.3 Å². The molecule has 224 valence electrons. The lowest BCUT2D eigenvalue weighted by atomic mass is 10.0. The van der Waals surface area contributed by atoms with Gasteiger partial charge in [0.15, 0.2) is 5.78 Å². The smallest absolute Gasteiger partial charge is 0.180 e. The first-order chi connectivity index (χ1) is 19.8. The van der Waals surface area contributed by atoms with E-state index in [1.165, 1.54) is 11.1 Å². The SMILES string of the molecule is CC.CCC(=O)C1=NCC=C(C)C=C1C.CCC(=O)C1CC1.CCc1cccc(-c2cnn(C3CNC3)c2)c1OC. The zero-order chi connectivity index (χ0) is 30.4. The summed E-state index contributed by atoms with van der Waals surface area (Å²) in [6.07, 6.45) is 12.6. The summed E-state index contributed by atoms with van der Waals surface area (Å²) in [5.41, 5.74) is 6.30. The molecule has 0 bridgehead atoms. The molecule has 5 rings (SSSR count). The van der Waals surface area contributed by atoms with Crippen LogP contribution >= 0.6 is 0 Å². The van der Waals surface area contributed by atoms with Crippen molar-refractivity contribution in [3.05, 3.63) is 59.5 Å². The Morgan fingerprint density at radius 3 is 2.29 bits per heavy atom. The number of carbonyl (C=O) groups excluding carboxylic acids is 2. The number of ether oxygens (including phenoxy) is 1. The number of carbonyl (C=O) groups is 2. The Morgan fingerprint density at radius 2 is 1.78 bits per heavy atom. The van der Waals surface area contributed by atoms with Crippen LogP contribution in [-0.2, 0) is 16.0 Å². The minimum absolute atomic E-state index is 0.136. The molecular weight excluding hydrogens is 512 g/mol. The molecule has 1 aromatic heterocycles. The van der Waals surface area contributed by atoms with Gasteiger partial charge in [-0.2, -0.15) is 5.10 Å². The molecule has 0 atom stereocenters. The van der Waals surface area contributed by atoms with Crippen LogP contribution in [0.2, 0.25) is 0 Å². The van der Waals surface area contributed by atoms with Gasteiger partial charge in [-0.25, -0.2) is 0 Å². The minimum atomic E-state index is 0.136. The third-order valence-corrected chi connectivity index (χ3v) is 7.17. The number of para-hydroxylation sites is 1. The number of aliphatic imine (C=N–C) groups is 1. The second-order valence-corrected chi connectivity index (χ2v) is 10.2. The summed E-state index contributed by atoms with van der Waals surface area (Å²) in [4.78, 5) is 26.3. The predicted molar refractivity (Wildman–Crippen MR) is 170 cm³/mol. The molecule has 1 saturated carbocycles. The van der Waals surface area contributed by atoms with E-state index in [0.29, 0.717) is 36.4 Å². The molecule has 0 radical (unpaired) electrons. The predicted octanol–water partition coefficient (Wildman–Crippen LogP) is 6.98. The highest BCUT2D eigenvalue weighted by atomic mass is 16.5. The van der Waals surface area contributed by atoms with Crippen LogP contribution in [0.15, 0.2) is 58.9 Å². The maximum atomic E-state index is 11.4. The first kappa shape index (κ1) is 33.9. The average Bonchev–Trinajstić information content (AvgIpc) is 3.75. The molecule has 1 aliphatic carbocycles. The number of allylic oxidation sites excluding steroid dienone is 3. The first-order valence-electron chi connectivity index (χ1n) is 15.2. The molecule has 0 unspecified atom stereocenters. The van der Waals surface area contributed by atoms with Gasteiger partial charge in [0.05, 0.1) is 25.9 Å². The molecule has 1 aromatic carbocycles. The quantitative estimate of drug-likeness (QED) is 0.375. The van der Waals surface area contributed by atoms with Gasteiger partial charge in [0.1, 0.15) is 17.2 Å². The molecule has 1 saturated heterocycles. The monoisotopic (exact) mass is 562 g/mol. The van der Waals surface area contributed by atoms with Gasteiger partial charge in [0.2, 0.25) is 0 Å². The molecule has 2 aliphatic heterocycles. The van der Waals surface area contributed by atoms with E-state index in [-0.39, 0.29) is 5.78 Å². The maximum Gasteiger partial charge on any atom is 0.180 e. The Labute approximate surface area is 247 Å². The van der Waals surface area contributed by atoms with Gasteiger partial charge < -0.3 is 10.1 Å². The highest BCUT2D eigenvalue weighted by Crippen LogP contribution is 2.33. The summed E-state index contributed by atoms with van der Waals surface area (Å²) in [6.45, 7) is 16.5. The molecule has 7 nitrogen and oxygen atoms in total. The first-order valence-corrected chi connectivity index (χ1v) is 15.2. The Morgan fingerprint density at radius 1 is 1.07 bits per heavy atom. The summed E-state index contributed by atoms with van der Waals surface area (Å²) in [7, 11) is 1.73. The summed E-state index contributed by atoms with van der Waals surface area (Å²) in [6, 6.07) is 6.79. The fourth-order valence-electron chi connectivity index (χ4n) is 4.51. The van der Waals surface area contributed by atoms with Crippen molar-refractivity contribution in [2.45, 2.75) is 86.6 Å². The van der Waals surface area contributed by atoms with E-state index >= 15 is 0 Å². The molecule has 1 N–H and O–H groups in total. The number of Topliss-reactive ketones (excluding diaryl/α,β-unsaturated/α-hetero) is 2. The van der Waals surface area contributed by atoms with Crippen molar-refractivity contribution in [2.24, 2.45) is 10.9 Å². The molecule has 3 heterocycles. The minimum Gasteiger partial charge on any atom is -0.496 e. The highest BCUT2D eigenvalue weighted by Gasteiger charge is 2.27. The number of nitrogens with zero attached hydrogens (tertiary/aromatic N) is 3. The van der Waals surface area contributed by atoms with Crippen LogP contribution < -0.4 is 10.1 Å². The molecule has 0 spiro atoms. The second-order valence-electron chi connectivity index (χ2n) is 10.2. The van der Waals surface area contributed by atoms with Crippen molar-refractivity contribution < 1.29 is 14.3 Å². The van der Waals surface area contributed by atoms with Crippen LogP contribution in [0, 0.1) is 5.92 Å². The van der Waals surface area contributed by atoms with Crippen molar-refractivity contribution in [3.8, 4) is 16.9 Å². The molecule has 2 fully saturated rings. The third-order valence-electron chi connectivity index (χ3n) is 7.17. The second kappa shape index (κ2) is 17.5. The van der Waals surface area contributed by atoms with E-state index < -0.39 is 0 Å². The summed E-state index contributed by atoms with van der Waals surface area (Å²) >= 11 is 0. The van der Waals surface area contributed by atoms with Crippen LogP contribution in [0.25, 0.3) is 11.1 Å². The fourth-order valence-corrected chi connectivity index (χ4v) is 4.51. The third kappa shape index (κ3) is 9.92. The van der Waals surface area contributed by atoms with E-state index in [4.69, 9.17) is 4.74 Å². The van der Waals surface area contributed by atoms with Gasteiger partial charge in [0, 0.05) is 49.2 Å². The van der Waals surface area contributed by atoms with E-state index in [2.05, 4.69) is 46.7 Å². The van der Waals surface area contributed by atoms with E-state index in [9.17, 15) is 9.59 Å². The van der Waals surface area contributed by atoms with E-state index in [0.717, 1.165) is 61.2 Å². The van der Waals surface area contributed by atoms with Gasteiger partial charge in [-0.15, -0.1) is 0 Å². The molecule has 3 aliphatic rings. The fraction of sp³-hybridized carbons (Fsp3) is 0.529. The number of aryl methyl sites for hydroxylation is 1. The van der Waals surface area contributed by atoms with Crippen LogP contribution in [0.1, 0.15) is 85.8 Å². The number of hydrogen-bond donors (Lipinski definition) is 1. The highest BCUT2D eigenvalue weighted by molar-refractivity contribution is 6.46. The largest absolute Gasteiger partial charge is 0.496 e. The van der Waals surface area contributed by atoms with Gasteiger partial charge in [-0.1, -0.05) is 70.5 Å². The number of rotatable bonds is 8. The van der Waals surface area contributed by atoms with Crippen molar-refractivity contribution in [1.29, 1.82) is 0 Å². The van der Waals surface area contributed by atoms with E-state index in [1.807, 2.05) is 64.6 Å². The Bertz CT molecular complexity index is 1230. The van der Waals surface area contributed by atoms with Crippen LogP contribution in [0.3, 0.4) is 0 Å². The number of aromatic nitrogens is 2. The standard InChI is InChI=1S/C15H19N3O.C11H15NO.C6H10O.C2H6/c1-3-11-5-4-6-14(15(11)19-2)12-7-17-18(10-12)13-8-16-9-13;1-4-10(13)11-9(3)7-8(2)5-6-12-11;1-2-6(7)5-3-4-5;1-2/h4-7,10,13,16H,3,8-9H2,1-2H3;5,7H,4,6H2,1-3H3;5H,2-4H2,1H3;1-2H3. The van der Waals surface area contributed by atoms with Crippen LogP contribution in [0.4, 0.5) is 0 Å². The van der Waals surface area contributed by atoms with Crippen LogP contribution in [0.5, 0.6) is 5.75 Å². The summed E-state index contributed by atoms with van der Waals surface area (Å²) in [5.74, 6) is 2.04. The number of methoxy groups -OCH3 is 1. The number of ketones is 2. The van der Waals surface area contributed by atoms with Gasteiger partial charge in [-0.05, 0) is 44.2 Å². The zero-order valence-electron chi connectivity index (χ0n) is 26.4. The normalized spacial score (nSPS) is 16.0. The van der Waals surface area contributed by atoms with Crippen molar-refractivity contribution in [3.63, 3.8) is 0 Å². The summed E-state index contributed by atoms with van der Waals surface area (Å²) < 4.78 is 7.63. The lowest BCUT2D eigenvalue weighted by Crippen LogP contribution is -2.43. The zero-order valence-corrected chi connectivity index (χ0v) is 26.4. The van der Waals surface area contributed by atoms with Crippen LogP contribution in [-0.4, -0.2) is 53.8 Å². The van der Waals surface area contributed by atoms with Crippen molar-refractivity contribution in [2.75, 3.05) is 26.7 Å². The Hall–Kier alpha value is -3.32. The maximum absolute atomic E-state index is 11.4. The molecular formula is C34H50N4O3.